The molecule has 3 rings (SSSR count). The number of rotatable bonds is 6. The van der Waals surface area contributed by atoms with E-state index in [-0.39, 0.29) is 16.6 Å². The molecule has 0 unspecified atom stereocenters. The molecule has 1 amide bonds. The Bertz CT molecular complexity index is 952. The fourth-order valence-corrected chi connectivity index (χ4v) is 4.34. The van der Waals surface area contributed by atoms with Crippen molar-refractivity contribution in [3.8, 4) is 0 Å². The number of allylic oxidation sites excluding steroid dienone is 2. The second kappa shape index (κ2) is 8.99. The van der Waals surface area contributed by atoms with Crippen LogP contribution in [0.2, 0.25) is 0 Å². The maximum Gasteiger partial charge on any atom is 0.327 e. The molecule has 1 heterocycles. The molecule has 1 saturated heterocycles. The highest BCUT2D eigenvalue weighted by Gasteiger charge is 2.40. The van der Waals surface area contributed by atoms with E-state index in [0.717, 1.165) is 28.5 Å². The van der Waals surface area contributed by atoms with E-state index < -0.39 is 12.0 Å². The molecule has 142 valence electrons. The number of carbonyl (C=O) groups excluding carboxylic acids is 1. The maximum atomic E-state index is 12.9. The van der Waals surface area contributed by atoms with Crippen LogP contribution in [-0.2, 0) is 16.0 Å². The lowest BCUT2D eigenvalue weighted by Crippen LogP contribution is -2.45. The number of thiocarbonyl (C=S) groups is 1. The Morgan fingerprint density at radius 1 is 1.14 bits per heavy atom. The molecule has 1 N–H and O–H groups in total. The topological polar surface area (TPSA) is 57.6 Å². The van der Waals surface area contributed by atoms with Crippen LogP contribution in [-0.4, -0.2) is 32.2 Å². The van der Waals surface area contributed by atoms with Crippen LogP contribution in [0.4, 0.5) is 0 Å². The van der Waals surface area contributed by atoms with Gasteiger partial charge < -0.3 is 5.11 Å². The van der Waals surface area contributed by atoms with E-state index in [4.69, 9.17) is 12.2 Å². The van der Waals surface area contributed by atoms with E-state index >= 15 is 0 Å². The summed E-state index contributed by atoms with van der Waals surface area (Å²) >= 11 is 6.48. The lowest BCUT2D eigenvalue weighted by atomic mass is 10.0. The Morgan fingerprint density at radius 3 is 2.36 bits per heavy atom. The SMILES string of the molecule is CC(/C=C1\SC(=S)N([C@@H](Cc2ccccc2)C(=O)O)C1=O)=C\c1ccccc1. The minimum absolute atomic E-state index is 0.203. The van der Waals surface area contributed by atoms with Crippen LogP contribution in [0.1, 0.15) is 18.1 Å². The third-order valence-electron chi connectivity index (χ3n) is 4.24. The second-order valence-corrected chi connectivity index (χ2v) is 8.07. The molecule has 1 aliphatic heterocycles. The molecule has 0 saturated carbocycles. The van der Waals surface area contributed by atoms with Crippen molar-refractivity contribution in [2.45, 2.75) is 19.4 Å². The predicted molar refractivity (Wildman–Crippen MR) is 117 cm³/mol. The van der Waals surface area contributed by atoms with Crippen molar-refractivity contribution < 1.29 is 14.7 Å². The molecule has 0 radical (unpaired) electrons. The molecule has 2 aromatic carbocycles. The van der Waals surface area contributed by atoms with E-state index in [1.165, 1.54) is 4.90 Å². The monoisotopic (exact) mass is 409 g/mol. The molecular formula is C22H19NO3S2. The number of benzene rings is 2. The molecule has 1 atom stereocenters. The predicted octanol–water partition coefficient (Wildman–Crippen LogP) is 4.53. The number of aliphatic carboxylic acids is 1. The van der Waals surface area contributed by atoms with Gasteiger partial charge in [-0.15, -0.1) is 0 Å². The van der Waals surface area contributed by atoms with Gasteiger partial charge in [-0.1, -0.05) is 90.7 Å². The van der Waals surface area contributed by atoms with Crippen LogP contribution < -0.4 is 0 Å². The van der Waals surface area contributed by atoms with Crippen LogP contribution in [0.3, 0.4) is 0 Å². The van der Waals surface area contributed by atoms with Gasteiger partial charge in [0.1, 0.15) is 10.4 Å². The van der Waals surface area contributed by atoms with Gasteiger partial charge in [0.2, 0.25) is 0 Å². The van der Waals surface area contributed by atoms with Crippen molar-refractivity contribution in [1.29, 1.82) is 0 Å². The van der Waals surface area contributed by atoms with Crippen LogP contribution in [0.5, 0.6) is 0 Å². The molecule has 6 heteroatoms. The Labute approximate surface area is 173 Å². The van der Waals surface area contributed by atoms with Crippen LogP contribution in [0.25, 0.3) is 6.08 Å². The van der Waals surface area contributed by atoms with Gasteiger partial charge >= 0.3 is 5.97 Å². The summed E-state index contributed by atoms with van der Waals surface area (Å²) in [7, 11) is 0. The van der Waals surface area contributed by atoms with Gasteiger partial charge in [-0.3, -0.25) is 9.69 Å². The summed E-state index contributed by atoms with van der Waals surface area (Å²) in [5.74, 6) is -1.43. The van der Waals surface area contributed by atoms with Crippen LogP contribution in [0, 0.1) is 0 Å². The third-order valence-corrected chi connectivity index (χ3v) is 5.58. The number of carbonyl (C=O) groups is 2. The van der Waals surface area contributed by atoms with Gasteiger partial charge in [0.05, 0.1) is 4.91 Å². The van der Waals surface area contributed by atoms with E-state index in [1.807, 2.05) is 73.7 Å². The molecule has 0 spiro atoms. The summed E-state index contributed by atoms with van der Waals surface area (Å²) < 4.78 is 0.270. The zero-order valence-electron chi connectivity index (χ0n) is 15.2. The first-order valence-corrected chi connectivity index (χ1v) is 9.95. The van der Waals surface area contributed by atoms with Gasteiger partial charge in [-0.05, 0) is 29.7 Å². The van der Waals surface area contributed by atoms with Crippen molar-refractivity contribution in [3.05, 3.63) is 88.3 Å². The van der Waals surface area contributed by atoms with Crippen molar-refractivity contribution in [2.75, 3.05) is 0 Å². The van der Waals surface area contributed by atoms with E-state index in [1.54, 1.807) is 6.08 Å². The number of carboxylic acid groups (broad SMARTS) is 1. The molecular weight excluding hydrogens is 390 g/mol. The first-order chi connectivity index (χ1) is 13.5. The number of hydrogen-bond acceptors (Lipinski definition) is 4. The van der Waals surface area contributed by atoms with E-state index in [9.17, 15) is 14.7 Å². The average Bonchev–Trinajstić information content (AvgIpc) is 2.94. The number of amides is 1. The Balaban J connectivity index is 1.83. The Kier molecular flexibility index (Phi) is 6.44. The van der Waals surface area contributed by atoms with E-state index in [0.29, 0.717) is 4.91 Å². The van der Waals surface area contributed by atoms with E-state index in [2.05, 4.69) is 0 Å². The standard InChI is InChI=1S/C22H19NO3S2/c1-15(12-16-8-4-2-5-9-16)13-19-20(24)23(22(27)28-19)18(21(25)26)14-17-10-6-3-7-11-17/h2-13,18H,14H2,1H3,(H,25,26)/b15-12+,19-13-/t18-/m0/s1. The van der Waals surface area contributed by atoms with Gasteiger partial charge in [0.15, 0.2) is 0 Å². The van der Waals surface area contributed by atoms with Gasteiger partial charge in [-0.25, -0.2) is 4.79 Å². The number of thioether (sulfide) groups is 1. The van der Waals surface area contributed by atoms with Crippen molar-refractivity contribution in [1.82, 2.24) is 4.90 Å². The quantitative estimate of drug-likeness (QED) is 0.561. The highest BCUT2D eigenvalue weighted by Crippen LogP contribution is 2.34. The third kappa shape index (κ3) is 4.77. The minimum atomic E-state index is -1.07. The number of hydrogen-bond donors (Lipinski definition) is 1. The molecule has 28 heavy (non-hydrogen) atoms. The summed E-state index contributed by atoms with van der Waals surface area (Å²) in [6.07, 6.45) is 3.92. The minimum Gasteiger partial charge on any atom is -0.480 e. The van der Waals surface area contributed by atoms with Gasteiger partial charge in [-0.2, -0.15) is 0 Å². The fraction of sp³-hybridized carbons (Fsp3) is 0.136. The fourth-order valence-electron chi connectivity index (χ4n) is 2.94. The van der Waals surface area contributed by atoms with Crippen molar-refractivity contribution in [2.24, 2.45) is 0 Å². The summed E-state index contributed by atoms with van der Waals surface area (Å²) in [6, 6.07) is 18.0. The Morgan fingerprint density at radius 2 is 1.75 bits per heavy atom. The molecule has 1 fully saturated rings. The second-order valence-electron chi connectivity index (χ2n) is 6.39. The average molecular weight is 410 g/mol. The molecule has 1 aliphatic rings. The zero-order valence-corrected chi connectivity index (χ0v) is 16.9. The summed E-state index contributed by atoms with van der Waals surface area (Å²) in [5.41, 5.74) is 2.76. The lowest BCUT2D eigenvalue weighted by Gasteiger charge is -2.23. The molecule has 2 aromatic rings. The molecule has 0 bridgehead atoms. The number of carboxylic acids is 1. The zero-order chi connectivity index (χ0) is 20.1. The first-order valence-electron chi connectivity index (χ1n) is 8.73. The van der Waals surface area contributed by atoms with Crippen LogP contribution in [0.15, 0.2) is 77.2 Å². The summed E-state index contributed by atoms with van der Waals surface area (Å²) in [4.78, 5) is 26.4. The largest absolute Gasteiger partial charge is 0.480 e. The molecule has 4 nitrogen and oxygen atoms in total. The Hall–Kier alpha value is -2.70. The summed E-state index contributed by atoms with van der Waals surface area (Å²) in [5, 5.41) is 9.70. The first kappa shape index (κ1) is 20.0. The normalized spacial score (nSPS) is 17.2. The van der Waals surface area contributed by atoms with Crippen molar-refractivity contribution in [3.63, 3.8) is 0 Å². The number of nitrogens with zero attached hydrogens (tertiary/aromatic N) is 1. The smallest absolute Gasteiger partial charge is 0.327 e. The van der Waals surface area contributed by atoms with Gasteiger partial charge in [0, 0.05) is 6.42 Å². The molecule has 0 aliphatic carbocycles. The maximum absolute atomic E-state index is 12.9. The summed E-state index contributed by atoms with van der Waals surface area (Å²) in [6.45, 7) is 1.90. The molecule has 0 aromatic heterocycles. The van der Waals surface area contributed by atoms with Crippen molar-refractivity contribution >= 4 is 46.3 Å². The highest BCUT2D eigenvalue weighted by atomic mass is 32.2. The highest BCUT2D eigenvalue weighted by molar-refractivity contribution is 8.26. The lowest BCUT2D eigenvalue weighted by molar-refractivity contribution is -0.145. The van der Waals surface area contributed by atoms with Gasteiger partial charge in [0.25, 0.3) is 5.91 Å². The van der Waals surface area contributed by atoms with Crippen LogP contribution >= 0.6 is 24.0 Å².